The molecule has 0 atom stereocenters. The molecule has 0 spiro atoms. The van der Waals surface area contributed by atoms with Crippen molar-refractivity contribution in [3.63, 3.8) is 0 Å². The van der Waals surface area contributed by atoms with Crippen LogP contribution in [-0.4, -0.2) is 20.7 Å². The first-order valence-electron chi connectivity index (χ1n) is 9.84. The van der Waals surface area contributed by atoms with Gasteiger partial charge in [-0.05, 0) is 48.2 Å². The maximum Gasteiger partial charge on any atom is 0.343 e. The summed E-state index contributed by atoms with van der Waals surface area (Å²) in [5.41, 5.74) is 1.15. The molecule has 0 aliphatic carbocycles. The Morgan fingerprint density at radius 2 is 2.00 bits per heavy atom. The van der Waals surface area contributed by atoms with Gasteiger partial charge in [0.15, 0.2) is 0 Å². The van der Waals surface area contributed by atoms with E-state index in [1.165, 1.54) is 40.3 Å². The number of carbonyl (C=O) groups excluding carboxylic acids is 1. The number of anilines is 2. The van der Waals surface area contributed by atoms with E-state index in [-0.39, 0.29) is 23.7 Å². The Morgan fingerprint density at radius 3 is 2.66 bits per heavy atom. The van der Waals surface area contributed by atoms with Crippen LogP contribution in [0, 0.1) is 5.82 Å². The number of aryl methyl sites for hydroxylation is 1. The molecule has 162 valence electrons. The van der Waals surface area contributed by atoms with Crippen molar-refractivity contribution in [3.05, 3.63) is 93.6 Å². The van der Waals surface area contributed by atoms with Crippen LogP contribution < -0.4 is 10.9 Å². The van der Waals surface area contributed by atoms with Gasteiger partial charge in [0.05, 0.1) is 16.8 Å². The first kappa shape index (κ1) is 21.4. The molecule has 32 heavy (non-hydrogen) atoms. The number of ether oxygens (including phenoxy) is 1. The van der Waals surface area contributed by atoms with Crippen molar-refractivity contribution in [2.45, 2.75) is 20.1 Å². The van der Waals surface area contributed by atoms with E-state index in [4.69, 9.17) is 4.74 Å². The number of nitrogens with one attached hydrogen (secondary N) is 1. The zero-order chi connectivity index (χ0) is 22.5. The van der Waals surface area contributed by atoms with Crippen LogP contribution in [0.2, 0.25) is 0 Å². The quantitative estimate of drug-likeness (QED) is 0.413. The summed E-state index contributed by atoms with van der Waals surface area (Å²) in [6.07, 6.45) is 3.16. The second-order valence-corrected chi connectivity index (χ2v) is 7.71. The van der Waals surface area contributed by atoms with E-state index < -0.39 is 11.5 Å². The minimum absolute atomic E-state index is 0.0353. The van der Waals surface area contributed by atoms with Gasteiger partial charge in [0.1, 0.15) is 29.4 Å². The van der Waals surface area contributed by atoms with Gasteiger partial charge in [-0.2, -0.15) is 5.10 Å². The Labute approximate surface area is 187 Å². The Bertz CT molecular complexity index is 1270. The number of rotatable bonds is 7. The van der Waals surface area contributed by atoms with Crippen molar-refractivity contribution in [2.75, 3.05) is 5.32 Å². The van der Waals surface area contributed by atoms with Crippen LogP contribution in [0.4, 0.5) is 15.8 Å². The molecule has 0 bridgehead atoms. The van der Waals surface area contributed by atoms with Crippen LogP contribution in [0.15, 0.2) is 71.1 Å². The lowest BCUT2D eigenvalue weighted by Crippen LogP contribution is -2.29. The SMILES string of the molecule is CCn1nc(-c2cccs2)c(C(=O)OCc2ccc(F)cc2)c(Nc2cccnc2)c1=O. The van der Waals surface area contributed by atoms with Gasteiger partial charge in [-0.25, -0.2) is 13.9 Å². The van der Waals surface area contributed by atoms with Crippen molar-refractivity contribution in [2.24, 2.45) is 0 Å². The second kappa shape index (κ2) is 9.52. The van der Waals surface area contributed by atoms with Crippen LogP contribution in [0.1, 0.15) is 22.8 Å². The number of halogens is 1. The molecule has 3 aromatic heterocycles. The largest absolute Gasteiger partial charge is 0.457 e. The van der Waals surface area contributed by atoms with Gasteiger partial charge in [0.2, 0.25) is 0 Å². The normalized spacial score (nSPS) is 10.7. The van der Waals surface area contributed by atoms with Crippen LogP contribution >= 0.6 is 11.3 Å². The molecule has 0 aliphatic heterocycles. The number of hydrogen-bond acceptors (Lipinski definition) is 7. The first-order chi connectivity index (χ1) is 15.6. The van der Waals surface area contributed by atoms with E-state index in [2.05, 4.69) is 15.4 Å². The predicted molar refractivity (Wildman–Crippen MR) is 121 cm³/mol. The fourth-order valence-corrected chi connectivity index (χ4v) is 3.78. The minimum atomic E-state index is -0.711. The monoisotopic (exact) mass is 450 g/mol. The lowest BCUT2D eigenvalue weighted by atomic mass is 10.1. The number of hydrogen-bond donors (Lipinski definition) is 1. The first-order valence-corrected chi connectivity index (χ1v) is 10.7. The lowest BCUT2D eigenvalue weighted by molar-refractivity contribution is 0.0474. The van der Waals surface area contributed by atoms with E-state index in [0.717, 1.165) is 4.88 Å². The van der Waals surface area contributed by atoms with Crippen LogP contribution in [0.25, 0.3) is 10.6 Å². The molecule has 1 aromatic carbocycles. The molecule has 1 N–H and O–H groups in total. The summed E-state index contributed by atoms with van der Waals surface area (Å²) in [4.78, 5) is 31.1. The number of carbonyl (C=O) groups is 1. The molecule has 0 saturated carbocycles. The summed E-state index contributed by atoms with van der Waals surface area (Å²) >= 11 is 1.40. The van der Waals surface area contributed by atoms with E-state index >= 15 is 0 Å². The molecule has 4 rings (SSSR count). The third-order valence-corrected chi connectivity index (χ3v) is 5.50. The maximum absolute atomic E-state index is 13.2. The molecule has 0 unspecified atom stereocenters. The molecule has 0 radical (unpaired) electrons. The van der Waals surface area contributed by atoms with Gasteiger partial charge in [0.25, 0.3) is 5.56 Å². The van der Waals surface area contributed by atoms with E-state index in [0.29, 0.717) is 23.5 Å². The van der Waals surface area contributed by atoms with Crippen molar-refractivity contribution < 1.29 is 13.9 Å². The molecule has 4 aromatic rings. The van der Waals surface area contributed by atoms with Gasteiger partial charge < -0.3 is 10.1 Å². The van der Waals surface area contributed by atoms with Gasteiger partial charge in [-0.3, -0.25) is 9.78 Å². The standard InChI is InChI=1S/C23H19FN4O3S/c1-2-28-22(29)21(26-17-5-3-11-25-13-17)19(20(27-28)18-6-4-12-32-18)23(30)31-14-15-7-9-16(24)10-8-15/h3-13,26H,2,14H2,1H3. The smallest absolute Gasteiger partial charge is 0.343 e. The minimum Gasteiger partial charge on any atom is -0.457 e. The number of esters is 1. The van der Waals surface area contributed by atoms with Gasteiger partial charge >= 0.3 is 5.97 Å². The summed E-state index contributed by atoms with van der Waals surface area (Å²) in [5.74, 6) is -1.09. The van der Waals surface area contributed by atoms with E-state index in [1.54, 1.807) is 31.5 Å². The summed E-state index contributed by atoms with van der Waals surface area (Å²) in [5, 5.41) is 9.32. The number of benzene rings is 1. The average Bonchev–Trinajstić information content (AvgIpc) is 3.35. The number of pyridine rings is 1. The topological polar surface area (TPSA) is 86.1 Å². The van der Waals surface area contributed by atoms with Crippen LogP contribution in [0.3, 0.4) is 0 Å². The lowest BCUT2D eigenvalue weighted by Gasteiger charge is -2.16. The molecule has 0 amide bonds. The summed E-state index contributed by atoms with van der Waals surface area (Å²) < 4.78 is 20.0. The van der Waals surface area contributed by atoms with Crippen LogP contribution in [-0.2, 0) is 17.9 Å². The number of nitrogens with zero attached hydrogens (tertiary/aromatic N) is 3. The van der Waals surface area contributed by atoms with Gasteiger partial charge in [-0.15, -0.1) is 11.3 Å². The third-order valence-electron chi connectivity index (χ3n) is 4.63. The molecule has 0 saturated heterocycles. The van der Waals surface area contributed by atoms with Crippen molar-refractivity contribution in [1.29, 1.82) is 0 Å². The third kappa shape index (κ3) is 4.57. The highest BCUT2D eigenvalue weighted by atomic mass is 32.1. The average molecular weight is 450 g/mol. The van der Waals surface area contributed by atoms with Gasteiger partial charge in [-0.1, -0.05) is 18.2 Å². The molecular weight excluding hydrogens is 431 g/mol. The van der Waals surface area contributed by atoms with E-state index in [1.807, 2.05) is 17.5 Å². The zero-order valence-corrected chi connectivity index (χ0v) is 17.9. The van der Waals surface area contributed by atoms with E-state index in [9.17, 15) is 14.0 Å². The summed E-state index contributed by atoms with van der Waals surface area (Å²) in [6.45, 7) is 2.04. The van der Waals surface area contributed by atoms with Crippen molar-refractivity contribution in [3.8, 4) is 10.6 Å². The zero-order valence-electron chi connectivity index (χ0n) is 17.1. The highest BCUT2D eigenvalue weighted by Crippen LogP contribution is 2.31. The van der Waals surface area contributed by atoms with Crippen molar-refractivity contribution >= 4 is 28.7 Å². The Kier molecular flexibility index (Phi) is 6.37. The summed E-state index contributed by atoms with van der Waals surface area (Å²) in [7, 11) is 0. The maximum atomic E-state index is 13.2. The summed E-state index contributed by atoms with van der Waals surface area (Å²) in [6, 6.07) is 12.8. The Hall–Kier alpha value is -3.85. The molecule has 7 nitrogen and oxygen atoms in total. The predicted octanol–water partition coefficient (Wildman–Crippen LogP) is 4.63. The Balaban J connectivity index is 1.79. The Morgan fingerprint density at radius 1 is 1.19 bits per heavy atom. The molecule has 0 fully saturated rings. The second-order valence-electron chi connectivity index (χ2n) is 6.77. The molecule has 3 heterocycles. The molecular formula is C23H19FN4O3S. The van der Waals surface area contributed by atoms with Gasteiger partial charge in [0, 0.05) is 12.7 Å². The fraction of sp³-hybridized carbons (Fsp3) is 0.130. The molecule has 0 aliphatic rings. The number of thiophene rings is 1. The fourth-order valence-electron chi connectivity index (χ4n) is 3.07. The highest BCUT2D eigenvalue weighted by Gasteiger charge is 2.26. The number of aromatic nitrogens is 3. The van der Waals surface area contributed by atoms with Crippen LogP contribution in [0.5, 0.6) is 0 Å². The molecule has 9 heteroatoms. The highest BCUT2D eigenvalue weighted by molar-refractivity contribution is 7.13. The van der Waals surface area contributed by atoms with Crippen molar-refractivity contribution in [1.82, 2.24) is 14.8 Å².